The van der Waals surface area contributed by atoms with Crippen LogP contribution >= 0.6 is 0 Å². The number of alkyl halides is 3. The van der Waals surface area contributed by atoms with Crippen LogP contribution in [0.2, 0.25) is 0 Å². The summed E-state index contributed by atoms with van der Waals surface area (Å²) in [5.74, 6) is -4.30. The highest BCUT2D eigenvalue weighted by molar-refractivity contribution is 7.90. The standard InChI is InChI=1S/C12H12F4O3S/c1-6(2)7-4-8(13)10(11(17)12(14,15)16)9(5-7)20(3,18)19/h4-6H,1-3H3. The Kier molecular flexibility index (Phi) is 4.28. The molecule has 3 nitrogen and oxygen atoms in total. The quantitative estimate of drug-likeness (QED) is 0.636. The number of sulfone groups is 1. The van der Waals surface area contributed by atoms with E-state index in [-0.39, 0.29) is 11.5 Å². The van der Waals surface area contributed by atoms with Crippen LogP contribution in [0.3, 0.4) is 0 Å². The van der Waals surface area contributed by atoms with E-state index in [1.54, 1.807) is 13.8 Å². The molecule has 0 aliphatic carbocycles. The first-order valence-electron chi connectivity index (χ1n) is 5.50. The molecular weight excluding hydrogens is 300 g/mol. The Morgan fingerprint density at radius 2 is 1.70 bits per heavy atom. The molecule has 0 bridgehead atoms. The first kappa shape index (κ1) is 16.6. The van der Waals surface area contributed by atoms with Gasteiger partial charge in [0.25, 0.3) is 5.78 Å². The normalized spacial score (nSPS) is 12.8. The molecule has 0 heterocycles. The largest absolute Gasteiger partial charge is 0.455 e. The van der Waals surface area contributed by atoms with Gasteiger partial charge in [0.1, 0.15) is 5.82 Å². The van der Waals surface area contributed by atoms with Gasteiger partial charge in [-0.05, 0) is 23.6 Å². The number of ketones is 1. The van der Waals surface area contributed by atoms with Crippen molar-refractivity contribution in [3.63, 3.8) is 0 Å². The van der Waals surface area contributed by atoms with E-state index in [9.17, 15) is 30.8 Å². The summed E-state index contributed by atoms with van der Waals surface area (Å²) in [6, 6.07) is 1.65. The third-order valence-corrected chi connectivity index (χ3v) is 3.75. The zero-order chi connectivity index (χ0) is 15.9. The van der Waals surface area contributed by atoms with E-state index in [1.807, 2.05) is 0 Å². The van der Waals surface area contributed by atoms with E-state index in [4.69, 9.17) is 0 Å². The zero-order valence-electron chi connectivity index (χ0n) is 10.9. The van der Waals surface area contributed by atoms with Gasteiger partial charge in [0, 0.05) is 6.26 Å². The molecule has 0 saturated carbocycles. The lowest BCUT2D eigenvalue weighted by molar-refractivity contribution is -0.0889. The molecule has 0 fully saturated rings. The number of Topliss-reactive ketones (excluding diaryl/α,β-unsaturated/α-hetero) is 1. The molecule has 0 atom stereocenters. The van der Waals surface area contributed by atoms with E-state index in [2.05, 4.69) is 0 Å². The number of carbonyl (C=O) groups is 1. The fraction of sp³-hybridized carbons (Fsp3) is 0.417. The van der Waals surface area contributed by atoms with Gasteiger partial charge in [0.15, 0.2) is 9.84 Å². The number of hydrogen-bond donors (Lipinski definition) is 0. The SMILES string of the molecule is CC(C)c1cc(F)c(C(=O)C(F)(F)F)c(S(C)(=O)=O)c1. The molecule has 112 valence electrons. The van der Waals surface area contributed by atoms with Crippen LogP contribution in [0.1, 0.15) is 35.7 Å². The fourth-order valence-electron chi connectivity index (χ4n) is 1.59. The van der Waals surface area contributed by atoms with E-state index < -0.39 is 38.1 Å². The van der Waals surface area contributed by atoms with Gasteiger partial charge in [0.05, 0.1) is 10.5 Å². The summed E-state index contributed by atoms with van der Waals surface area (Å²) in [6.07, 6.45) is -4.72. The number of hydrogen-bond acceptors (Lipinski definition) is 3. The Morgan fingerprint density at radius 3 is 2.05 bits per heavy atom. The molecule has 1 aromatic carbocycles. The van der Waals surface area contributed by atoms with Crippen LogP contribution in [-0.4, -0.2) is 26.6 Å². The number of carbonyl (C=O) groups excluding carboxylic acids is 1. The Bertz CT molecular complexity index is 645. The predicted octanol–water partition coefficient (Wildman–Crippen LogP) is 3.10. The van der Waals surface area contributed by atoms with E-state index >= 15 is 0 Å². The second-order valence-electron chi connectivity index (χ2n) is 4.63. The van der Waals surface area contributed by atoms with Crippen LogP contribution in [0.5, 0.6) is 0 Å². The summed E-state index contributed by atoms with van der Waals surface area (Å²) in [6.45, 7) is 3.23. The van der Waals surface area contributed by atoms with Gasteiger partial charge in [0.2, 0.25) is 0 Å². The molecule has 1 rings (SSSR count). The summed E-state index contributed by atoms with van der Waals surface area (Å²) in [5, 5.41) is 0. The fourth-order valence-corrected chi connectivity index (χ4v) is 2.50. The predicted molar refractivity (Wildman–Crippen MR) is 64.0 cm³/mol. The third-order valence-electron chi connectivity index (χ3n) is 2.63. The molecule has 1 aromatic rings. The first-order valence-corrected chi connectivity index (χ1v) is 7.40. The van der Waals surface area contributed by atoms with Crippen molar-refractivity contribution >= 4 is 15.6 Å². The smallest absolute Gasteiger partial charge is 0.284 e. The summed E-state index contributed by atoms with van der Waals surface area (Å²) in [5.41, 5.74) is -1.26. The summed E-state index contributed by atoms with van der Waals surface area (Å²) in [7, 11) is -4.18. The Labute approximate surface area is 113 Å². The summed E-state index contributed by atoms with van der Waals surface area (Å²) < 4.78 is 74.1. The molecule has 8 heteroatoms. The molecule has 0 aliphatic rings. The Morgan fingerprint density at radius 1 is 1.20 bits per heavy atom. The van der Waals surface area contributed by atoms with Crippen molar-refractivity contribution in [1.29, 1.82) is 0 Å². The molecule has 0 amide bonds. The van der Waals surface area contributed by atoms with Crippen molar-refractivity contribution in [2.24, 2.45) is 0 Å². The first-order chi connectivity index (χ1) is 8.85. The average molecular weight is 312 g/mol. The average Bonchev–Trinajstić information content (AvgIpc) is 2.24. The van der Waals surface area contributed by atoms with Crippen LogP contribution in [0.4, 0.5) is 17.6 Å². The molecule has 0 saturated heterocycles. The highest BCUT2D eigenvalue weighted by atomic mass is 32.2. The molecule has 0 aromatic heterocycles. The van der Waals surface area contributed by atoms with E-state index in [0.717, 1.165) is 12.1 Å². The Balaban J connectivity index is 3.72. The minimum atomic E-state index is -5.35. The minimum absolute atomic E-state index is 0.196. The number of benzene rings is 1. The number of halogens is 4. The highest BCUT2D eigenvalue weighted by Gasteiger charge is 2.43. The van der Waals surface area contributed by atoms with Gasteiger partial charge < -0.3 is 0 Å². The summed E-state index contributed by atoms with van der Waals surface area (Å²) >= 11 is 0. The lowest BCUT2D eigenvalue weighted by Crippen LogP contribution is -2.26. The van der Waals surface area contributed by atoms with Gasteiger partial charge in [-0.3, -0.25) is 4.79 Å². The van der Waals surface area contributed by atoms with Crippen LogP contribution in [0, 0.1) is 5.82 Å². The van der Waals surface area contributed by atoms with Gasteiger partial charge in [-0.2, -0.15) is 13.2 Å². The van der Waals surface area contributed by atoms with Crippen molar-refractivity contribution in [2.75, 3.05) is 6.26 Å². The van der Waals surface area contributed by atoms with Crippen LogP contribution in [0.25, 0.3) is 0 Å². The maximum Gasteiger partial charge on any atom is 0.455 e. The number of rotatable bonds is 3. The van der Waals surface area contributed by atoms with Crippen LogP contribution in [0.15, 0.2) is 17.0 Å². The lowest BCUT2D eigenvalue weighted by atomic mass is 9.99. The van der Waals surface area contributed by atoms with Crippen molar-refractivity contribution in [1.82, 2.24) is 0 Å². The van der Waals surface area contributed by atoms with E-state index in [0.29, 0.717) is 6.26 Å². The minimum Gasteiger partial charge on any atom is -0.284 e. The van der Waals surface area contributed by atoms with Crippen molar-refractivity contribution in [3.8, 4) is 0 Å². The third kappa shape index (κ3) is 3.36. The molecule has 0 radical (unpaired) electrons. The zero-order valence-corrected chi connectivity index (χ0v) is 11.7. The Hall–Kier alpha value is -1.44. The maximum absolute atomic E-state index is 13.8. The second kappa shape index (κ2) is 5.16. The van der Waals surface area contributed by atoms with Crippen molar-refractivity contribution in [2.45, 2.75) is 30.8 Å². The monoisotopic (exact) mass is 312 g/mol. The molecule has 0 aliphatic heterocycles. The molecule has 0 unspecified atom stereocenters. The van der Waals surface area contributed by atoms with Gasteiger partial charge in [-0.1, -0.05) is 13.8 Å². The molecule has 20 heavy (non-hydrogen) atoms. The topological polar surface area (TPSA) is 51.2 Å². The van der Waals surface area contributed by atoms with Gasteiger partial charge in [-0.15, -0.1) is 0 Å². The van der Waals surface area contributed by atoms with Crippen molar-refractivity contribution < 1.29 is 30.8 Å². The van der Waals surface area contributed by atoms with Crippen LogP contribution < -0.4 is 0 Å². The van der Waals surface area contributed by atoms with Gasteiger partial charge >= 0.3 is 6.18 Å². The maximum atomic E-state index is 13.8. The highest BCUT2D eigenvalue weighted by Crippen LogP contribution is 2.30. The lowest BCUT2D eigenvalue weighted by Gasteiger charge is -2.14. The second-order valence-corrected chi connectivity index (χ2v) is 6.61. The van der Waals surface area contributed by atoms with Crippen molar-refractivity contribution in [3.05, 3.63) is 29.1 Å². The summed E-state index contributed by atoms with van der Waals surface area (Å²) in [4.78, 5) is 10.3. The molecular formula is C12H12F4O3S. The molecule has 0 spiro atoms. The molecule has 0 N–H and O–H groups in total. The van der Waals surface area contributed by atoms with Gasteiger partial charge in [-0.25, -0.2) is 12.8 Å². The van der Waals surface area contributed by atoms with Crippen LogP contribution in [-0.2, 0) is 9.84 Å². The van der Waals surface area contributed by atoms with E-state index in [1.165, 1.54) is 0 Å².